The van der Waals surface area contributed by atoms with E-state index < -0.39 is 11.7 Å². The van der Waals surface area contributed by atoms with Gasteiger partial charge in [-0.15, -0.1) is 0 Å². The number of carbonyl (C=O) groups is 1. The lowest BCUT2D eigenvalue weighted by Gasteiger charge is -2.16. The van der Waals surface area contributed by atoms with Crippen molar-refractivity contribution in [2.75, 3.05) is 0 Å². The van der Waals surface area contributed by atoms with Crippen LogP contribution in [0.3, 0.4) is 0 Å². The fraction of sp³-hybridized carbons (Fsp3) is 0.462. The SMILES string of the molecule is CC(C)(C)OC(N)=O.CCc1ccc(O)c(Cl)c1. The van der Waals surface area contributed by atoms with E-state index in [2.05, 4.69) is 4.74 Å². The van der Waals surface area contributed by atoms with E-state index in [-0.39, 0.29) is 5.75 Å². The van der Waals surface area contributed by atoms with E-state index in [0.717, 1.165) is 12.0 Å². The third kappa shape index (κ3) is 7.79. The van der Waals surface area contributed by atoms with Crippen molar-refractivity contribution >= 4 is 17.7 Å². The van der Waals surface area contributed by atoms with E-state index >= 15 is 0 Å². The van der Waals surface area contributed by atoms with E-state index in [0.29, 0.717) is 5.02 Å². The van der Waals surface area contributed by atoms with Gasteiger partial charge in [0.2, 0.25) is 0 Å². The Morgan fingerprint density at radius 3 is 2.28 bits per heavy atom. The van der Waals surface area contributed by atoms with Crippen molar-refractivity contribution in [1.29, 1.82) is 0 Å². The molecule has 102 valence electrons. The molecule has 3 N–H and O–H groups in total. The quantitative estimate of drug-likeness (QED) is 0.823. The molecule has 0 aromatic heterocycles. The minimum absolute atomic E-state index is 0.152. The average molecular weight is 274 g/mol. The van der Waals surface area contributed by atoms with Crippen LogP contribution in [0, 0.1) is 0 Å². The van der Waals surface area contributed by atoms with Crippen LogP contribution in [-0.4, -0.2) is 16.8 Å². The minimum atomic E-state index is -0.725. The maximum atomic E-state index is 10.0. The predicted molar refractivity (Wildman–Crippen MR) is 72.9 cm³/mol. The first kappa shape index (κ1) is 16.6. The van der Waals surface area contributed by atoms with Crippen molar-refractivity contribution < 1.29 is 14.6 Å². The molecule has 0 unspecified atom stereocenters. The number of halogens is 1. The minimum Gasteiger partial charge on any atom is -0.506 e. The van der Waals surface area contributed by atoms with Gasteiger partial charge in [-0.2, -0.15) is 0 Å². The normalized spacial score (nSPS) is 10.3. The standard InChI is InChI=1S/C8H9ClO.C5H11NO2/c1-2-6-3-4-8(10)7(9)5-6;1-5(2,3)8-4(6)7/h3-5,10H,2H2,1H3;1-3H3,(H2,6,7). The van der Waals surface area contributed by atoms with Crippen molar-refractivity contribution in [3.63, 3.8) is 0 Å². The lowest BCUT2D eigenvalue weighted by Crippen LogP contribution is -2.27. The molecule has 5 heteroatoms. The van der Waals surface area contributed by atoms with Crippen molar-refractivity contribution in [2.24, 2.45) is 5.73 Å². The third-order valence-electron chi connectivity index (χ3n) is 1.83. The van der Waals surface area contributed by atoms with Crippen molar-refractivity contribution in [3.8, 4) is 5.75 Å². The Kier molecular flexibility index (Phi) is 6.55. The Balaban J connectivity index is 0.000000331. The molecule has 0 bridgehead atoms. The number of ether oxygens (including phenoxy) is 1. The first-order valence-corrected chi connectivity index (χ1v) is 5.99. The summed E-state index contributed by atoms with van der Waals surface area (Å²) in [7, 11) is 0. The van der Waals surface area contributed by atoms with Crippen LogP contribution in [0.25, 0.3) is 0 Å². The highest BCUT2D eigenvalue weighted by Gasteiger charge is 2.12. The molecule has 0 aliphatic rings. The monoisotopic (exact) mass is 273 g/mol. The molecule has 18 heavy (non-hydrogen) atoms. The number of hydrogen-bond acceptors (Lipinski definition) is 3. The number of aryl methyl sites for hydroxylation is 1. The first-order chi connectivity index (χ1) is 8.15. The van der Waals surface area contributed by atoms with E-state index in [1.807, 2.05) is 13.0 Å². The van der Waals surface area contributed by atoms with Crippen LogP contribution in [0.15, 0.2) is 18.2 Å². The lowest BCUT2D eigenvalue weighted by molar-refractivity contribution is 0.0600. The molecule has 1 aromatic rings. The van der Waals surface area contributed by atoms with Gasteiger partial charge < -0.3 is 15.6 Å². The number of amides is 1. The lowest BCUT2D eigenvalue weighted by atomic mass is 10.2. The van der Waals surface area contributed by atoms with Crippen molar-refractivity contribution in [1.82, 2.24) is 0 Å². The summed E-state index contributed by atoms with van der Waals surface area (Å²) in [6, 6.07) is 5.25. The van der Waals surface area contributed by atoms with Crippen LogP contribution in [0.1, 0.15) is 33.3 Å². The molecule has 0 radical (unpaired) electrons. The zero-order valence-electron chi connectivity index (χ0n) is 11.2. The number of carbonyl (C=O) groups excluding carboxylic acids is 1. The number of rotatable bonds is 1. The topological polar surface area (TPSA) is 72.5 Å². The van der Waals surface area contributed by atoms with Gasteiger partial charge in [-0.05, 0) is 44.9 Å². The second-order valence-corrected chi connectivity index (χ2v) is 5.08. The number of benzene rings is 1. The molecule has 0 atom stereocenters. The summed E-state index contributed by atoms with van der Waals surface area (Å²) in [5, 5.41) is 9.44. The summed E-state index contributed by atoms with van der Waals surface area (Å²) in [6.07, 6.45) is 0.220. The molecule has 1 amide bonds. The van der Waals surface area contributed by atoms with E-state index in [1.165, 1.54) is 0 Å². The highest BCUT2D eigenvalue weighted by molar-refractivity contribution is 6.32. The Morgan fingerprint density at radius 2 is 2.00 bits per heavy atom. The highest BCUT2D eigenvalue weighted by Crippen LogP contribution is 2.23. The van der Waals surface area contributed by atoms with Gasteiger partial charge in [0.05, 0.1) is 5.02 Å². The van der Waals surface area contributed by atoms with Crippen LogP contribution >= 0.6 is 11.6 Å². The Labute approximate surface area is 113 Å². The van der Waals surface area contributed by atoms with Crippen LogP contribution in [0.5, 0.6) is 5.75 Å². The van der Waals surface area contributed by atoms with Gasteiger partial charge in [-0.25, -0.2) is 4.79 Å². The van der Waals surface area contributed by atoms with E-state index in [9.17, 15) is 4.79 Å². The zero-order chi connectivity index (χ0) is 14.3. The molecule has 0 saturated heterocycles. The molecule has 0 aliphatic carbocycles. The number of primary amides is 1. The summed E-state index contributed by atoms with van der Waals surface area (Å²) >= 11 is 5.64. The maximum absolute atomic E-state index is 10.0. The number of phenolic OH excluding ortho intramolecular Hbond substituents is 1. The van der Waals surface area contributed by atoms with Crippen molar-refractivity contribution in [3.05, 3.63) is 28.8 Å². The van der Waals surface area contributed by atoms with Crippen molar-refractivity contribution in [2.45, 2.75) is 39.7 Å². The molecule has 1 rings (SSSR count). The zero-order valence-corrected chi connectivity index (χ0v) is 11.9. The van der Waals surface area contributed by atoms with Gasteiger partial charge in [-0.1, -0.05) is 24.6 Å². The molecular weight excluding hydrogens is 254 g/mol. The Morgan fingerprint density at radius 1 is 1.44 bits per heavy atom. The van der Waals surface area contributed by atoms with Gasteiger partial charge in [0, 0.05) is 0 Å². The fourth-order valence-corrected chi connectivity index (χ4v) is 1.28. The number of phenols is 1. The Hall–Kier alpha value is -1.42. The van der Waals surface area contributed by atoms with Gasteiger partial charge >= 0.3 is 6.09 Å². The largest absolute Gasteiger partial charge is 0.506 e. The molecule has 0 heterocycles. The molecule has 0 aliphatic heterocycles. The predicted octanol–water partition coefficient (Wildman–Crippen LogP) is 3.49. The number of aromatic hydroxyl groups is 1. The van der Waals surface area contributed by atoms with E-state index in [1.54, 1.807) is 32.9 Å². The summed E-state index contributed by atoms with van der Waals surface area (Å²) in [6.45, 7) is 7.33. The van der Waals surface area contributed by atoms with Crippen LogP contribution in [0.2, 0.25) is 5.02 Å². The van der Waals surface area contributed by atoms with Gasteiger partial charge in [0.15, 0.2) is 0 Å². The molecule has 4 nitrogen and oxygen atoms in total. The van der Waals surface area contributed by atoms with Crippen LogP contribution in [0.4, 0.5) is 4.79 Å². The second-order valence-electron chi connectivity index (χ2n) is 4.67. The summed E-state index contributed by atoms with van der Waals surface area (Å²) in [4.78, 5) is 10.0. The van der Waals surface area contributed by atoms with Crippen LogP contribution in [-0.2, 0) is 11.2 Å². The summed E-state index contributed by atoms with van der Waals surface area (Å²) < 4.78 is 4.58. The first-order valence-electron chi connectivity index (χ1n) is 5.61. The van der Waals surface area contributed by atoms with Gasteiger partial charge in [-0.3, -0.25) is 0 Å². The van der Waals surface area contributed by atoms with Crippen LogP contribution < -0.4 is 5.73 Å². The molecule has 1 aromatic carbocycles. The number of hydrogen-bond donors (Lipinski definition) is 2. The van der Waals surface area contributed by atoms with E-state index in [4.69, 9.17) is 22.4 Å². The molecule has 0 spiro atoms. The maximum Gasteiger partial charge on any atom is 0.405 e. The van der Waals surface area contributed by atoms with Gasteiger partial charge in [0.1, 0.15) is 11.4 Å². The third-order valence-corrected chi connectivity index (χ3v) is 2.13. The molecule has 0 fully saturated rings. The summed E-state index contributed by atoms with van der Waals surface area (Å²) in [5.74, 6) is 0.152. The fourth-order valence-electron chi connectivity index (χ4n) is 1.07. The highest BCUT2D eigenvalue weighted by atomic mass is 35.5. The van der Waals surface area contributed by atoms with Gasteiger partial charge in [0.25, 0.3) is 0 Å². The Bertz CT molecular complexity index is 400. The smallest absolute Gasteiger partial charge is 0.405 e. The number of nitrogens with two attached hydrogens (primary N) is 1. The molecular formula is C13H20ClNO3. The summed E-state index contributed by atoms with van der Waals surface area (Å²) in [5.41, 5.74) is 5.41. The molecule has 0 saturated carbocycles. The average Bonchev–Trinajstić information content (AvgIpc) is 2.19. The second kappa shape index (κ2) is 7.11.